The van der Waals surface area contributed by atoms with Crippen LogP contribution in [0.4, 0.5) is 0 Å². The minimum absolute atomic E-state index is 0. The van der Waals surface area contributed by atoms with Crippen molar-refractivity contribution in [3.8, 4) is 0 Å². The van der Waals surface area contributed by atoms with Crippen LogP contribution >= 0.6 is 0 Å². The van der Waals surface area contributed by atoms with Crippen LogP contribution in [0.3, 0.4) is 0 Å². The normalized spacial score (nSPS) is 6.29. The summed E-state index contributed by atoms with van der Waals surface area (Å²) in [5.41, 5.74) is 0. The molecule has 0 aliphatic rings. The minimum Gasteiger partial charge on any atom is -0.543 e. The molecule has 0 aliphatic heterocycles. The molecule has 0 rings (SSSR count). The molecule has 0 fully saturated rings. The molecule has 0 aliphatic carbocycles. The van der Waals surface area contributed by atoms with Crippen molar-refractivity contribution >= 4 is 46.9 Å². The van der Waals surface area contributed by atoms with Crippen LogP contribution in [0.15, 0.2) is 0 Å². The molecule has 0 aromatic rings. The molecule has 0 atom stereocenters. The van der Waals surface area contributed by atoms with Gasteiger partial charge in [-0.1, -0.05) is 0 Å². The summed E-state index contributed by atoms with van der Waals surface area (Å²) in [7, 11) is 0. The smallest absolute Gasteiger partial charge is 0.543 e. The summed E-state index contributed by atoms with van der Waals surface area (Å²) in [5, 5.41) is 35.7. The summed E-state index contributed by atoms with van der Waals surface area (Å²) >= 11 is 0. The fraction of sp³-hybridized carbons (Fsp3) is 0. The van der Waals surface area contributed by atoms with Crippen molar-refractivity contribution in [2.24, 2.45) is 0 Å². The molecule has 0 bridgehead atoms. The van der Waals surface area contributed by atoms with Gasteiger partial charge in [-0.15, -0.1) is 0 Å². The molecule has 0 aromatic heterocycles. The average molecular weight is 256 g/mol. The van der Waals surface area contributed by atoms with Crippen LogP contribution in [-0.4, -0.2) is 46.9 Å². The molecule has 14 heavy (non-hydrogen) atoms. The standard InChI is InChI=1S/2C2H2O4.Fe.Mg/c2*3-1(4)2(5)6;;/h2*(H,3,4)(H,5,6);;/q;;2*+2/p-4. The van der Waals surface area contributed by atoms with E-state index in [4.69, 9.17) is 39.6 Å². The largest absolute Gasteiger partial charge is 2.00 e. The summed E-state index contributed by atoms with van der Waals surface area (Å²) < 4.78 is 0. The van der Waals surface area contributed by atoms with Crippen LogP contribution < -0.4 is 20.4 Å². The van der Waals surface area contributed by atoms with Gasteiger partial charge in [-0.2, -0.15) is 0 Å². The Morgan fingerprint density at radius 1 is 0.571 bits per heavy atom. The molecule has 0 heterocycles. The van der Waals surface area contributed by atoms with E-state index in [1.807, 2.05) is 0 Å². The van der Waals surface area contributed by atoms with E-state index < -0.39 is 23.9 Å². The van der Waals surface area contributed by atoms with Gasteiger partial charge >= 0.3 is 40.1 Å². The summed E-state index contributed by atoms with van der Waals surface area (Å²) in [6.07, 6.45) is 0. The third-order valence-electron chi connectivity index (χ3n) is 0.333. The van der Waals surface area contributed by atoms with Crippen LogP contribution in [0.2, 0.25) is 0 Å². The molecular formula is C4FeMgO8. The number of aliphatic carboxylic acids is 4. The summed E-state index contributed by atoms with van der Waals surface area (Å²) in [6.45, 7) is 0. The molecule has 0 radical (unpaired) electrons. The predicted molar refractivity (Wildman–Crippen MR) is 25.8 cm³/mol. The van der Waals surface area contributed by atoms with Crippen LogP contribution in [-0.2, 0) is 36.2 Å². The van der Waals surface area contributed by atoms with Crippen LogP contribution in [0.5, 0.6) is 0 Å². The number of rotatable bonds is 0. The van der Waals surface area contributed by atoms with Crippen LogP contribution in [0.1, 0.15) is 0 Å². The van der Waals surface area contributed by atoms with Crippen molar-refractivity contribution in [1.29, 1.82) is 0 Å². The fourth-order valence-corrected chi connectivity index (χ4v) is 0. The zero-order valence-electron chi connectivity index (χ0n) is 6.33. The van der Waals surface area contributed by atoms with Gasteiger partial charge in [0.25, 0.3) is 0 Å². The number of carbonyl (C=O) groups excluding carboxylic acids is 4. The van der Waals surface area contributed by atoms with Crippen LogP contribution in [0, 0.1) is 0 Å². The van der Waals surface area contributed by atoms with Crippen molar-refractivity contribution in [3.63, 3.8) is 0 Å². The molecule has 74 valence electrons. The molecule has 0 saturated heterocycles. The second kappa shape index (κ2) is 12.2. The molecular weight excluding hydrogens is 256 g/mol. The molecule has 8 nitrogen and oxygen atoms in total. The molecule has 0 saturated carbocycles. The van der Waals surface area contributed by atoms with E-state index in [0.717, 1.165) is 0 Å². The van der Waals surface area contributed by atoms with E-state index in [-0.39, 0.29) is 40.1 Å². The van der Waals surface area contributed by atoms with Crippen molar-refractivity contribution < 1.29 is 56.7 Å². The molecule has 0 unspecified atom stereocenters. The second-order valence-corrected chi connectivity index (χ2v) is 1.15. The Kier molecular flexibility index (Phi) is 20.2. The van der Waals surface area contributed by atoms with E-state index in [1.165, 1.54) is 0 Å². The summed E-state index contributed by atoms with van der Waals surface area (Å²) in [5.74, 6) is -8.74. The summed E-state index contributed by atoms with van der Waals surface area (Å²) in [6, 6.07) is 0. The maximum Gasteiger partial charge on any atom is 2.00 e. The first-order chi connectivity index (χ1) is 5.29. The maximum absolute atomic E-state index is 8.93. The predicted octanol–water partition coefficient (Wildman–Crippen LogP) is -7.41. The van der Waals surface area contributed by atoms with Crippen molar-refractivity contribution in [1.82, 2.24) is 0 Å². The average Bonchev–Trinajstić information content (AvgIpc) is 1.88. The Bertz CT molecular complexity index is 177. The zero-order valence-corrected chi connectivity index (χ0v) is 8.85. The molecule has 0 aromatic carbocycles. The second-order valence-electron chi connectivity index (χ2n) is 1.15. The topological polar surface area (TPSA) is 161 Å². The first kappa shape index (κ1) is 23.2. The Hall–Kier alpha value is -0.834. The van der Waals surface area contributed by atoms with Gasteiger partial charge in [-0.3, -0.25) is 0 Å². The van der Waals surface area contributed by atoms with Gasteiger partial charge in [0.1, 0.15) is 0 Å². The molecule has 0 amide bonds. The fourth-order valence-electron chi connectivity index (χ4n) is 0. The third kappa shape index (κ3) is 22.5. The Balaban J connectivity index is -0.0000000625. The van der Waals surface area contributed by atoms with Gasteiger partial charge in [0.15, 0.2) is 0 Å². The first-order valence-corrected chi connectivity index (χ1v) is 2.13. The van der Waals surface area contributed by atoms with E-state index in [2.05, 4.69) is 0 Å². The van der Waals surface area contributed by atoms with Crippen molar-refractivity contribution in [3.05, 3.63) is 0 Å². The number of hydrogen-bond donors (Lipinski definition) is 0. The van der Waals surface area contributed by atoms with E-state index in [0.29, 0.717) is 0 Å². The number of hydrogen-bond acceptors (Lipinski definition) is 8. The third-order valence-corrected chi connectivity index (χ3v) is 0.333. The number of carboxylic acids is 4. The molecule has 0 spiro atoms. The Morgan fingerprint density at radius 3 is 0.643 bits per heavy atom. The van der Waals surface area contributed by atoms with Crippen molar-refractivity contribution in [2.45, 2.75) is 0 Å². The molecule has 10 heteroatoms. The Morgan fingerprint density at radius 2 is 0.643 bits per heavy atom. The van der Waals surface area contributed by atoms with Crippen LogP contribution in [0.25, 0.3) is 0 Å². The number of carboxylic acid groups (broad SMARTS) is 4. The van der Waals surface area contributed by atoms with E-state index >= 15 is 0 Å². The van der Waals surface area contributed by atoms with Gasteiger partial charge in [-0.25, -0.2) is 0 Å². The monoisotopic (exact) mass is 256 g/mol. The maximum atomic E-state index is 8.93. The van der Waals surface area contributed by atoms with Gasteiger partial charge in [-0.05, 0) is 0 Å². The van der Waals surface area contributed by atoms with E-state index in [9.17, 15) is 0 Å². The van der Waals surface area contributed by atoms with Gasteiger partial charge in [0.2, 0.25) is 0 Å². The van der Waals surface area contributed by atoms with Crippen molar-refractivity contribution in [2.75, 3.05) is 0 Å². The Labute approximate surface area is 104 Å². The van der Waals surface area contributed by atoms with E-state index in [1.54, 1.807) is 0 Å². The quantitative estimate of drug-likeness (QED) is 0.305. The van der Waals surface area contributed by atoms with Gasteiger partial charge in [0.05, 0.1) is 23.9 Å². The number of carbonyl (C=O) groups is 4. The summed E-state index contributed by atoms with van der Waals surface area (Å²) in [4.78, 5) is 35.7. The first-order valence-electron chi connectivity index (χ1n) is 2.13. The van der Waals surface area contributed by atoms with Gasteiger partial charge in [0, 0.05) is 0 Å². The zero-order chi connectivity index (χ0) is 10.3. The SMILES string of the molecule is O=C([O-])C(=O)[O-].O=C([O-])C(=O)[O-].[Fe+2].[Mg+2]. The minimum atomic E-state index is -2.19. The van der Waals surface area contributed by atoms with Gasteiger partial charge < -0.3 is 39.6 Å². The molecule has 0 N–H and O–H groups in total.